The van der Waals surface area contributed by atoms with Crippen molar-refractivity contribution in [2.24, 2.45) is 5.16 Å². The number of carbonyl (C=O) groups is 4. The number of carboxylic acids is 1. The first kappa shape index (κ1) is 24.0. The van der Waals surface area contributed by atoms with Crippen LogP contribution in [-0.2, 0) is 28.8 Å². The number of nitrogens with zero attached hydrogens (tertiary/aromatic N) is 3. The summed E-state index contributed by atoms with van der Waals surface area (Å²) in [4.78, 5) is 58.7. The van der Waals surface area contributed by atoms with Crippen LogP contribution in [0.25, 0.3) is 0 Å². The lowest BCUT2D eigenvalue weighted by atomic mass is 10.0. The number of hydrogen-bond donors (Lipinski definition) is 2. The van der Waals surface area contributed by atoms with Gasteiger partial charge in [-0.3, -0.25) is 14.5 Å². The van der Waals surface area contributed by atoms with Crippen molar-refractivity contribution in [1.29, 1.82) is 0 Å². The van der Waals surface area contributed by atoms with Crippen molar-refractivity contribution in [2.45, 2.75) is 37.8 Å². The van der Waals surface area contributed by atoms with E-state index in [-0.39, 0.29) is 27.9 Å². The molecule has 2 N–H and O–H groups in total. The monoisotopic (exact) mass is 502 g/mol. The lowest BCUT2D eigenvalue weighted by molar-refractivity contribution is -0.160. The minimum Gasteiger partial charge on any atom is -0.477 e. The lowest BCUT2D eigenvalue weighted by Crippen LogP contribution is -2.71. The number of carbonyl (C=O) groups excluding carboxylic acids is 3. The van der Waals surface area contributed by atoms with Crippen LogP contribution in [0.5, 0.6) is 0 Å². The third-order valence-corrected chi connectivity index (χ3v) is 6.40. The van der Waals surface area contributed by atoms with Gasteiger partial charge in [0.2, 0.25) is 6.61 Å². The van der Waals surface area contributed by atoms with Gasteiger partial charge in [-0.2, -0.15) is 0 Å². The number of esters is 1. The van der Waals surface area contributed by atoms with Gasteiger partial charge in [0.15, 0.2) is 5.71 Å². The van der Waals surface area contributed by atoms with E-state index in [9.17, 15) is 24.3 Å². The number of thiazole rings is 1. The molecule has 1 aromatic heterocycles. The summed E-state index contributed by atoms with van der Waals surface area (Å²) in [6, 6.07) is -0.985. The molecule has 11 nitrogen and oxygen atoms in total. The van der Waals surface area contributed by atoms with Gasteiger partial charge in [0.05, 0.1) is 10.5 Å². The summed E-state index contributed by atoms with van der Waals surface area (Å²) in [5.74, 6) is -3.18. The molecule has 0 radical (unpaired) electrons. The van der Waals surface area contributed by atoms with Crippen LogP contribution in [0.3, 0.4) is 0 Å². The minimum absolute atomic E-state index is 0.0529. The highest BCUT2D eigenvalue weighted by Gasteiger charge is 2.54. The second kappa shape index (κ2) is 9.46. The molecule has 0 aliphatic carbocycles. The van der Waals surface area contributed by atoms with Crippen LogP contribution in [0.1, 0.15) is 26.5 Å². The van der Waals surface area contributed by atoms with Crippen LogP contribution in [-0.4, -0.2) is 73.8 Å². The summed E-state index contributed by atoms with van der Waals surface area (Å²) < 4.78 is 5.11. The van der Waals surface area contributed by atoms with Crippen LogP contribution >= 0.6 is 34.7 Å². The predicted molar refractivity (Wildman–Crippen MR) is 116 cm³/mol. The quantitative estimate of drug-likeness (QED) is 0.242. The molecule has 3 heterocycles. The first-order valence-electron chi connectivity index (χ1n) is 9.17. The van der Waals surface area contributed by atoms with E-state index in [1.807, 2.05) is 0 Å². The molecule has 2 amide bonds. The number of halogens is 1. The van der Waals surface area contributed by atoms with Crippen LogP contribution in [0, 0.1) is 0 Å². The predicted octanol–water partition coefficient (Wildman–Crippen LogP) is 1.14. The van der Waals surface area contributed by atoms with Crippen molar-refractivity contribution in [3.8, 4) is 0 Å². The van der Waals surface area contributed by atoms with Crippen LogP contribution in [0.15, 0.2) is 26.8 Å². The van der Waals surface area contributed by atoms with Gasteiger partial charge in [-0.05, 0) is 20.8 Å². The van der Waals surface area contributed by atoms with Gasteiger partial charge >= 0.3 is 11.9 Å². The zero-order chi connectivity index (χ0) is 23.6. The third-order valence-electron chi connectivity index (χ3n) is 4.06. The number of nitrogens with one attached hydrogen (secondary N) is 1. The second-order valence-corrected chi connectivity index (χ2v) is 9.87. The Morgan fingerprint density at radius 2 is 2.12 bits per heavy atom. The van der Waals surface area contributed by atoms with E-state index < -0.39 is 47.4 Å². The molecular formula is C18H19ClN4O7S2. The Morgan fingerprint density at radius 1 is 1.41 bits per heavy atom. The molecule has 0 bridgehead atoms. The minimum atomic E-state index is -1.32. The number of β-lactam (4-membered cyclic amide) rings is 1. The zero-order valence-electron chi connectivity index (χ0n) is 17.2. The van der Waals surface area contributed by atoms with E-state index in [2.05, 4.69) is 15.5 Å². The molecule has 3 rings (SSSR count). The largest absolute Gasteiger partial charge is 0.477 e. The van der Waals surface area contributed by atoms with Crippen molar-refractivity contribution in [2.75, 3.05) is 12.4 Å². The Balaban J connectivity index is 1.70. The fourth-order valence-electron chi connectivity index (χ4n) is 2.85. The number of amides is 2. The molecule has 1 fully saturated rings. The van der Waals surface area contributed by atoms with E-state index >= 15 is 0 Å². The molecule has 2 atom stereocenters. The average molecular weight is 503 g/mol. The SMILES string of the molecule is CC(C)(C)OC(=O)CO/N=C(\C(=O)NC1C(=O)N2C(C(=O)O)=C(Cl)CS[C@H]12)c1cscn1. The molecule has 1 aromatic rings. The maximum Gasteiger partial charge on any atom is 0.353 e. The van der Waals surface area contributed by atoms with E-state index in [1.165, 1.54) is 28.6 Å². The van der Waals surface area contributed by atoms with Crippen LogP contribution in [0.2, 0.25) is 0 Å². The van der Waals surface area contributed by atoms with Gasteiger partial charge in [-0.25, -0.2) is 14.6 Å². The fraction of sp³-hybridized carbons (Fsp3) is 0.444. The molecule has 1 saturated heterocycles. The highest BCUT2D eigenvalue weighted by atomic mass is 35.5. The number of carboxylic acid groups (broad SMARTS) is 1. The lowest BCUT2D eigenvalue weighted by Gasteiger charge is -2.48. The number of rotatable bonds is 7. The number of thioether (sulfide) groups is 1. The Kier molecular flexibility index (Phi) is 7.10. The summed E-state index contributed by atoms with van der Waals surface area (Å²) in [6.45, 7) is 4.56. The molecule has 2 aliphatic heterocycles. The highest BCUT2D eigenvalue weighted by Crippen LogP contribution is 2.41. The first-order chi connectivity index (χ1) is 15.0. The van der Waals surface area contributed by atoms with Crippen molar-refractivity contribution in [3.05, 3.63) is 27.3 Å². The zero-order valence-corrected chi connectivity index (χ0v) is 19.5. The average Bonchev–Trinajstić information content (AvgIpc) is 3.21. The van der Waals surface area contributed by atoms with Gasteiger partial charge < -0.3 is 20.0 Å². The number of oxime groups is 1. The number of fused-ring (bicyclic) bond motifs is 1. The van der Waals surface area contributed by atoms with Crippen molar-refractivity contribution < 1.29 is 33.9 Å². The highest BCUT2D eigenvalue weighted by molar-refractivity contribution is 8.00. The van der Waals surface area contributed by atoms with Crippen molar-refractivity contribution >= 4 is 64.2 Å². The fourth-order valence-corrected chi connectivity index (χ4v) is 4.93. The summed E-state index contributed by atoms with van der Waals surface area (Å²) in [6.07, 6.45) is 0. The summed E-state index contributed by atoms with van der Waals surface area (Å²) in [5, 5.41) is 16.6. The molecule has 0 aromatic carbocycles. The Labute approximate surface area is 195 Å². The van der Waals surface area contributed by atoms with Gasteiger partial charge in [-0.15, -0.1) is 23.1 Å². The first-order valence-corrected chi connectivity index (χ1v) is 11.5. The van der Waals surface area contributed by atoms with Gasteiger partial charge in [0.25, 0.3) is 11.8 Å². The number of aliphatic carboxylic acids is 1. The van der Waals surface area contributed by atoms with E-state index in [1.54, 1.807) is 26.2 Å². The standard InChI is InChI=1S/C18H19ClN4O7S2/c1-18(2,3)30-10(24)4-29-22-11(9-6-31-7-20-9)14(25)21-12-15(26)23-13(17(27)28)8(19)5-32-16(12)23/h6-7,12,16H,4-5H2,1-3H3,(H,21,25)(H,27,28)/b22-11-/t12?,16-/m1/s1. The topological polar surface area (TPSA) is 147 Å². The number of ether oxygens (including phenoxy) is 1. The van der Waals surface area contributed by atoms with E-state index in [4.69, 9.17) is 21.2 Å². The third kappa shape index (κ3) is 5.22. The Bertz CT molecular complexity index is 1000. The van der Waals surface area contributed by atoms with E-state index in [0.29, 0.717) is 0 Å². The molecule has 14 heteroatoms. The molecule has 2 aliphatic rings. The van der Waals surface area contributed by atoms with Gasteiger partial charge in [0.1, 0.15) is 28.4 Å². The van der Waals surface area contributed by atoms with Gasteiger partial charge in [-0.1, -0.05) is 16.8 Å². The molecule has 32 heavy (non-hydrogen) atoms. The molecule has 1 unspecified atom stereocenters. The van der Waals surface area contributed by atoms with E-state index in [0.717, 1.165) is 4.90 Å². The van der Waals surface area contributed by atoms with Crippen molar-refractivity contribution in [3.63, 3.8) is 0 Å². The van der Waals surface area contributed by atoms with Crippen molar-refractivity contribution in [1.82, 2.24) is 15.2 Å². The number of aromatic nitrogens is 1. The summed E-state index contributed by atoms with van der Waals surface area (Å²) >= 11 is 8.38. The van der Waals surface area contributed by atoms with Gasteiger partial charge in [0, 0.05) is 11.1 Å². The molecule has 172 valence electrons. The normalized spacial score (nSPS) is 20.9. The van der Waals surface area contributed by atoms with Crippen LogP contribution < -0.4 is 5.32 Å². The second-order valence-electron chi connectivity index (χ2n) is 7.59. The molecule has 0 saturated carbocycles. The summed E-state index contributed by atoms with van der Waals surface area (Å²) in [5.41, 5.74) is 0.421. The Morgan fingerprint density at radius 3 is 2.72 bits per heavy atom. The smallest absolute Gasteiger partial charge is 0.353 e. The molecular weight excluding hydrogens is 484 g/mol. The van der Waals surface area contributed by atoms with Crippen LogP contribution in [0.4, 0.5) is 0 Å². The maximum atomic E-state index is 12.8. The Hall–Kier alpha value is -2.64. The number of hydrogen-bond acceptors (Lipinski definition) is 10. The molecule has 0 spiro atoms. The maximum absolute atomic E-state index is 12.8. The summed E-state index contributed by atoms with van der Waals surface area (Å²) in [7, 11) is 0.